The van der Waals surface area contributed by atoms with Crippen molar-refractivity contribution in [3.8, 4) is 0 Å². The molecule has 1 aromatic rings. The van der Waals surface area contributed by atoms with Crippen LogP contribution in [0.1, 0.15) is 86.4 Å². The zero-order valence-electron chi connectivity index (χ0n) is 15.9. The van der Waals surface area contributed by atoms with Crippen LogP contribution >= 0.6 is 0 Å². The summed E-state index contributed by atoms with van der Waals surface area (Å²) in [6.45, 7) is 7.33. The summed E-state index contributed by atoms with van der Waals surface area (Å²) in [7, 11) is 0. The lowest BCUT2D eigenvalue weighted by molar-refractivity contribution is 0.0497. The van der Waals surface area contributed by atoms with Crippen molar-refractivity contribution in [2.24, 2.45) is 5.92 Å². The van der Waals surface area contributed by atoms with E-state index in [1.807, 2.05) is 6.92 Å². The van der Waals surface area contributed by atoms with Gasteiger partial charge in [-0.2, -0.15) is 0 Å². The van der Waals surface area contributed by atoms with Gasteiger partial charge in [0.2, 0.25) is 0 Å². The fourth-order valence-corrected chi connectivity index (χ4v) is 2.42. The third kappa shape index (κ3) is 9.28. The standard InChI is InChI=1S/C21H32O4/c1-4-5-14-24-20(22)18-12-10-13-19(16-18)21(23)25-15-9-7-6-8-11-17(2)3/h10,12-13,16-17H,4-9,11,14-15H2,1-3H3. The first-order chi connectivity index (χ1) is 12.0. The Kier molecular flexibility index (Phi) is 10.6. The summed E-state index contributed by atoms with van der Waals surface area (Å²) in [4.78, 5) is 24.0. The van der Waals surface area contributed by atoms with Gasteiger partial charge in [-0.05, 0) is 37.0 Å². The normalized spacial score (nSPS) is 10.7. The molecule has 0 saturated heterocycles. The molecule has 0 aliphatic heterocycles. The van der Waals surface area contributed by atoms with Crippen LogP contribution in [-0.4, -0.2) is 25.2 Å². The zero-order valence-corrected chi connectivity index (χ0v) is 15.9. The molecule has 4 heteroatoms. The maximum atomic E-state index is 12.1. The van der Waals surface area contributed by atoms with Crippen molar-refractivity contribution >= 4 is 11.9 Å². The van der Waals surface area contributed by atoms with E-state index in [1.54, 1.807) is 24.3 Å². The second kappa shape index (κ2) is 12.5. The van der Waals surface area contributed by atoms with E-state index < -0.39 is 5.97 Å². The Labute approximate surface area is 151 Å². The molecule has 0 aromatic heterocycles. The van der Waals surface area contributed by atoms with Crippen molar-refractivity contribution < 1.29 is 19.1 Å². The number of benzene rings is 1. The van der Waals surface area contributed by atoms with Crippen LogP contribution < -0.4 is 0 Å². The SMILES string of the molecule is CCCCOC(=O)c1cccc(C(=O)OCCCCCCC(C)C)c1. The number of carbonyl (C=O) groups excluding carboxylic acids is 2. The molecule has 0 aliphatic carbocycles. The van der Waals surface area contributed by atoms with Gasteiger partial charge < -0.3 is 9.47 Å². The van der Waals surface area contributed by atoms with Crippen molar-refractivity contribution in [3.63, 3.8) is 0 Å². The van der Waals surface area contributed by atoms with Crippen molar-refractivity contribution in [1.82, 2.24) is 0 Å². The van der Waals surface area contributed by atoms with Crippen molar-refractivity contribution in [1.29, 1.82) is 0 Å². The number of unbranched alkanes of at least 4 members (excludes halogenated alkanes) is 4. The number of carbonyl (C=O) groups is 2. The van der Waals surface area contributed by atoms with Gasteiger partial charge in [0.05, 0.1) is 24.3 Å². The highest BCUT2D eigenvalue weighted by molar-refractivity contribution is 5.95. The Balaban J connectivity index is 2.33. The van der Waals surface area contributed by atoms with Gasteiger partial charge in [-0.3, -0.25) is 0 Å². The topological polar surface area (TPSA) is 52.6 Å². The zero-order chi connectivity index (χ0) is 18.5. The van der Waals surface area contributed by atoms with Gasteiger partial charge in [0.25, 0.3) is 0 Å². The Morgan fingerprint density at radius 1 is 0.880 bits per heavy atom. The van der Waals surface area contributed by atoms with Gasteiger partial charge in [0, 0.05) is 0 Å². The van der Waals surface area contributed by atoms with Crippen LogP contribution in [-0.2, 0) is 9.47 Å². The molecule has 1 rings (SSSR count). The average Bonchev–Trinajstić information content (AvgIpc) is 2.60. The van der Waals surface area contributed by atoms with Crippen LogP contribution in [0, 0.1) is 5.92 Å². The first-order valence-corrected chi connectivity index (χ1v) is 9.49. The summed E-state index contributed by atoms with van der Waals surface area (Å²) in [5.74, 6) is -0.0302. The van der Waals surface area contributed by atoms with E-state index in [9.17, 15) is 9.59 Å². The van der Waals surface area contributed by atoms with E-state index in [1.165, 1.54) is 19.3 Å². The molecule has 0 amide bonds. The largest absolute Gasteiger partial charge is 0.462 e. The molecule has 0 fully saturated rings. The van der Waals surface area contributed by atoms with Crippen LogP contribution in [0.25, 0.3) is 0 Å². The smallest absolute Gasteiger partial charge is 0.338 e. The van der Waals surface area contributed by atoms with Gasteiger partial charge >= 0.3 is 11.9 Å². The molecule has 25 heavy (non-hydrogen) atoms. The molecule has 0 bridgehead atoms. The number of hydrogen-bond donors (Lipinski definition) is 0. The first kappa shape index (κ1) is 21.2. The Hall–Kier alpha value is -1.84. The van der Waals surface area contributed by atoms with Crippen molar-refractivity contribution in [2.75, 3.05) is 13.2 Å². The summed E-state index contributed by atoms with van der Waals surface area (Å²) < 4.78 is 10.5. The number of ether oxygens (including phenoxy) is 2. The lowest BCUT2D eigenvalue weighted by atomic mass is 10.0. The molecule has 0 radical (unpaired) electrons. The molecule has 0 aliphatic rings. The van der Waals surface area contributed by atoms with Crippen molar-refractivity contribution in [2.45, 2.75) is 65.7 Å². The Morgan fingerprint density at radius 2 is 1.44 bits per heavy atom. The summed E-state index contributed by atoms with van der Waals surface area (Å²) in [6, 6.07) is 6.53. The van der Waals surface area contributed by atoms with Crippen LogP contribution in [0.3, 0.4) is 0 Å². The lowest BCUT2D eigenvalue weighted by Gasteiger charge is -2.07. The Bertz CT molecular complexity index is 522. The van der Waals surface area contributed by atoms with Gasteiger partial charge in [0.15, 0.2) is 0 Å². The summed E-state index contributed by atoms with van der Waals surface area (Å²) in [6.07, 6.45) is 7.41. The lowest BCUT2D eigenvalue weighted by Crippen LogP contribution is -2.10. The van der Waals surface area contributed by atoms with E-state index in [0.717, 1.165) is 31.6 Å². The molecule has 0 N–H and O–H groups in total. The number of esters is 2. The highest BCUT2D eigenvalue weighted by atomic mass is 16.5. The molecule has 0 saturated carbocycles. The third-order valence-corrected chi connectivity index (χ3v) is 3.97. The predicted octanol–water partition coefficient (Wildman–Crippen LogP) is 5.41. The molecule has 4 nitrogen and oxygen atoms in total. The molecule has 0 atom stereocenters. The van der Waals surface area contributed by atoms with Crippen LogP contribution in [0.5, 0.6) is 0 Å². The maximum absolute atomic E-state index is 12.1. The minimum atomic E-state index is -0.395. The van der Waals surface area contributed by atoms with Gasteiger partial charge in [-0.25, -0.2) is 9.59 Å². The second-order valence-electron chi connectivity index (χ2n) is 6.80. The first-order valence-electron chi connectivity index (χ1n) is 9.49. The molecule has 0 unspecified atom stereocenters. The quantitative estimate of drug-likeness (QED) is 0.374. The van der Waals surface area contributed by atoms with Crippen LogP contribution in [0.2, 0.25) is 0 Å². The minimum Gasteiger partial charge on any atom is -0.462 e. The van der Waals surface area contributed by atoms with Crippen molar-refractivity contribution in [3.05, 3.63) is 35.4 Å². The van der Waals surface area contributed by atoms with Gasteiger partial charge in [0.1, 0.15) is 0 Å². The highest BCUT2D eigenvalue weighted by Crippen LogP contribution is 2.11. The molecular formula is C21H32O4. The van der Waals surface area contributed by atoms with Gasteiger partial charge in [-0.15, -0.1) is 0 Å². The third-order valence-electron chi connectivity index (χ3n) is 3.97. The minimum absolute atomic E-state index is 0.384. The molecule has 0 spiro atoms. The van der Waals surface area contributed by atoms with Crippen LogP contribution in [0.15, 0.2) is 24.3 Å². The summed E-state index contributed by atoms with van der Waals surface area (Å²) in [5.41, 5.74) is 0.781. The van der Waals surface area contributed by atoms with E-state index in [4.69, 9.17) is 9.47 Å². The molecular weight excluding hydrogens is 316 g/mol. The molecule has 1 aromatic carbocycles. The monoisotopic (exact) mass is 348 g/mol. The fraction of sp³-hybridized carbons (Fsp3) is 0.619. The van der Waals surface area contributed by atoms with E-state index in [-0.39, 0.29) is 5.97 Å². The number of rotatable bonds is 12. The van der Waals surface area contributed by atoms with E-state index in [2.05, 4.69) is 13.8 Å². The summed E-state index contributed by atoms with van der Waals surface area (Å²) in [5, 5.41) is 0. The van der Waals surface area contributed by atoms with Crippen LogP contribution in [0.4, 0.5) is 0 Å². The predicted molar refractivity (Wildman–Crippen MR) is 99.8 cm³/mol. The van der Waals surface area contributed by atoms with E-state index >= 15 is 0 Å². The maximum Gasteiger partial charge on any atom is 0.338 e. The summed E-state index contributed by atoms with van der Waals surface area (Å²) >= 11 is 0. The fourth-order valence-electron chi connectivity index (χ4n) is 2.42. The van der Waals surface area contributed by atoms with E-state index in [0.29, 0.717) is 24.3 Å². The Morgan fingerprint density at radius 3 is 2.00 bits per heavy atom. The number of hydrogen-bond acceptors (Lipinski definition) is 4. The highest BCUT2D eigenvalue weighted by Gasteiger charge is 2.12. The average molecular weight is 348 g/mol. The molecule has 0 heterocycles. The second-order valence-corrected chi connectivity index (χ2v) is 6.80. The van der Waals surface area contributed by atoms with Gasteiger partial charge in [-0.1, -0.05) is 58.9 Å². The molecule has 140 valence electrons.